The lowest BCUT2D eigenvalue weighted by molar-refractivity contribution is -0.145. The Balaban J connectivity index is 2.45. The lowest BCUT2D eigenvalue weighted by Gasteiger charge is -2.27. The van der Waals surface area contributed by atoms with Crippen LogP contribution in [0.4, 0.5) is 0 Å². The van der Waals surface area contributed by atoms with Crippen LogP contribution in [0, 0.1) is 0 Å². The lowest BCUT2D eigenvalue weighted by atomic mass is 9.93. The Kier molecular flexibility index (Phi) is 9.35. The minimum atomic E-state index is -0.735. The predicted octanol–water partition coefficient (Wildman–Crippen LogP) is 4.06. The zero-order valence-electron chi connectivity index (χ0n) is 15.1. The third-order valence-electron chi connectivity index (χ3n) is 4.28. The summed E-state index contributed by atoms with van der Waals surface area (Å²) in [5.41, 5.74) is 0.290. The van der Waals surface area contributed by atoms with Crippen LogP contribution in [0.3, 0.4) is 0 Å². The zero-order chi connectivity index (χ0) is 17.8. The molecule has 0 saturated heterocycles. The molecule has 1 rings (SSSR count). The van der Waals surface area contributed by atoms with Crippen molar-refractivity contribution in [2.75, 3.05) is 13.7 Å². The molecule has 0 aliphatic rings. The molecule has 24 heavy (non-hydrogen) atoms. The Morgan fingerprint density at radius 2 is 1.92 bits per heavy atom. The molecule has 4 heteroatoms. The topological polar surface area (TPSA) is 55.8 Å². The molecule has 1 atom stereocenters. The summed E-state index contributed by atoms with van der Waals surface area (Å²) in [4.78, 5) is 12.5. The van der Waals surface area contributed by atoms with Crippen molar-refractivity contribution in [1.29, 1.82) is 0 Å². The van der Waals surface area contributed by atoms with Crippen LogP contribution in [0.15, 0.2) is 36.4 Å². The normalized spacial score (nSPS) is 13.8. The van der Waals surface area contributed by atoms with Crippen molar-refractivity contribution in [3.63, 3.8) is 0 Å². The van der Waals surface area contributed by atoms with Gasteiger partial charge in [-0.25, -0.2) is 0 Å². The molecule has 1 aromatic carbocycles. The van der Waals surface area contributed by atoms with E-state index in [1.54, 1.807) is 13.2 Å². The van der Waals surface area contributed by atoms with Gasteiger partial charge >= 0.3 is 0 Å². The Morgan fingerprint density at radius 3 is 2.50 bits per heavy atom. The third kappa shape index (κ3) is 6.85. The number of carbonyl (C=O) groups is 1. The van der Waals surface area contributed by atoms with Crippen LogP contribution in [0.5, 0.6) is 5.75 Å². The van der Waals surface area contributed by atoms with Crippen LogP contribution in [0.1, 0.15) is 51.5 Å². The number of allylic oxidation sites excluding steroid dienone is 1. The number of Topliss-reactive ketones (excluding diaryl/α,β-unsaturated/α-hetero) is 1. The van der Waals surface area contributed by atoms with Gasteiger partial charge in [0.25, 0.3) is 0 Å². The molecule has 0 unspecified atom stereocenters. The van der Waals surface area contributed by atoms with Crippen LogP contribution in [-0.4, -0.2) is 30.2 Å². The maximum atomic E-state index is 12.5. The van der Waals surface area contributed by atoms with Crippen LogP contribution in [-0.2, 0) is 16.1 Å². The fourth-order valence-electron chi connectivity index (χ4n) is 2.35. The molecular formula is C20H30O4. The fraction of sp³-hybridized carbons (Fsp3) is 0.550. The molecule has 0 amide bonds. The number of methoxy groups -OCH3 is 1. The largest absolute Gasteiger partial charge is 0.497 e. The second kappa shape index (κ2) is 11.0. The highest BCUT2D eigenvalue weighted by Crippen LogP contribution is 2.23. The summed E-state index contributed by atoms with van der Waals surface area (Å²) in [5, 5.41) is 8.67. The molecule has 134 valence electrons. The number of unbranched alkanes of at least 4 members (excludes halogenated alkanes) is 2. The molecule has 0 fully saturated rings. The highest BCUT2D eigenvalue weighted by Gasteiger charge is 2.31. The summed E-state index contributed by atoms with van der Waals surface area (Å²) in [6.07, 6.45) is 7.55. The van der Waals surface area contributed by atoms with Crippen molar-refractivity contribution < 1.29 is 19.4 Å². The van der Waals surface area contributed by atoms with Crippen molar-refractivity contribution in [3.8, 4) is 5.75 Å². The summed E-state index contributed by atoms with van der Waals surface area (Å²) < 4.78 is 11.1. The number of hydrogen-bond donors (Lipinski definition) is 1. The summed E-state index contributed by atoms with van der Waals surface area (Å²) >= 11 is 0. The van der Waals surface area contributed by atoms with Gasteiger partial charge in [-0.2, -0.15) is 0 Å². The van der Waals surface area contributed by atoms with E-state index in [9.17, 15) is 4.79 Å². The molecule has 4 nitrogen and oxygen atoms in total. The Labute approximate surface area is 145 Å². The van der Waals surface area contributed by atoms with Crippen LogP contribution in [0.25, 0.3) is 0 Å². The van der Waals surface area contributed by atoms with Crippen LogP contribution in [0.2, 0.25) is 0 Å². The van der Waals surface area contributed by atoms with E-state index >= 15 is 0 Å². The van der Waals surface area contributed by atoms with Gasteiger partial charge in [0.2, 0.25) is 0 Å². The lowest BCUT2D eigenvalue weighted by Crippen LogP contribution is -2.37. The van der Waals surface area contributed by atoms with E-state index in [1.807, 2.05) is 44.2 Å². The standard InChI is InChI=1S/C20H30O4/c1-4-20(2,19(22)10-8-6-5-7-9-15-21)24-16-17-11-13-18(23-3)14-12-17/h7,9,11-14,21H,4-6,8,10,15-16H2,1-3H3/b9-7+/t20-/m0/s1. The number of ether oxygens (including phenoxy) is 2. The first-order valence-corrected chi connectivity index (χ1v) is 8.61. The minimum Gasteiger partial charge on any atom is -0.497 e. The monoisotopic (exact) mass is 334 g/mol. The number of aliphatic hydroxyl groups is 1. The van der Waals surface area contributed by atoms with Gasteiger partial charge in [-0.05, 0) is 50.3 Å². The smallest absolute Gasteiger partial charge is 0.164 e. The van der Waals surface area contributed by atoms with Gasteiger partial charge in [0.15, 0.2) is 5.78 Å². The first-order valence-electron chi connectivity index (χ1n) is 8.61. The quantitative estimate of drug-likeness (QED) is 0.463. The second-order valence-electron chi connectivity index (χ2n) is 6.04. The van der Waals surface area contributed by atoms with Gasteiger partial charge in [0.1, 0.15) is 11.4 Å². The van der Waals surface area contributed by atoms with Crippen LogP contribution >= 0.6 is 0 Å². The maximum absolute atomic E-state index is 12.5. The third-order valence-corrected chi connectivity index (χ3v) is 4.28. The summed E-state index contributed by atoms with van der Waals surface area (Å²) in [7, 11) is 1.64. The number of carbonyl (C=O) groups excluding carboxylic acids is 1. The van der Waals surface area contributed by atoms with Gasteiger partial charge in [0.05, 0.1) is 20.3 Å². The molecule has 0 spiro atoms. The molecule has 0 bridgehead atoms. The highest BCUT2D eigenvalue weighted by molar-refractivity contribution is 5.86. The van der Waals surface area contributed by atoms with Gasteiger partial charge < -0.3 is 14.6 Å². The zero-order valence-corrected chi connectivity index (χ0v) is 15.1. The van der Waals surface area contributed by atoms with Gasteiger partial charge in [-0.1, -0.05) is 31.2 Å². The molecule has 1 N–H and O–H groups in total. The second-order valence-corrected chi connectivity index (χ2v) is 6.04. The fourth-order valence-corrected chi connectivity index (χ4v) is 2.35. The molecule has 0 aromatic heterocycles. The van der Waals surface area contributed by atoms with E-state index in [4.69, 9.17) is 14.6 Å². The Hall–Kier alpha value is -1.65. The van der Waals surface area contributed by atoms with Crippen molar-refractivity contribution in [2.24, 2.45) is 0 Å². The van der Waals surface area contributed by atoms with Crippen LogP contribution < -0.4 is 4.74 Å². The van der Waals surface area contributed by atoms with E-state index in [-0.39, 0.29) is 12.4 Å². The van der Waals surface area contributed by atoms with Gasteiger partial charge in [0, 0.05) is 6.42 Å². The van der Waals surface area contributed by atoms with Crippen molar-refractivity contribution in [1.82, 2.24) is 0 Å². The van der Waals surface area contributed by atoms with Gasteiger partial charge in [-0.3, -0.25) is 4.79 Å². The first kappa shape index (κ1) is 20.4. The summed E-state index contributed by atoms with van der Waals surface area (Å²) in [5.74, 6) is 0.966. The van der Waals surface area contributed by atoms with Crippen molar-refractivity contribution >= 4 is 5.78 Å². The first-order chi connectivity index (χ1) is 11.6. The Bertz CT molecular complexity index is 507. The molecule has 0 radical (unpaired) electrons. The summed E-state index contributed by atoms with van der Waals surface area (Å²) in [6, 6.07) is 7.69. The van der Waals surface area contributed by atoms with E-state index in [2.05, 4.69) is 0 Å². The van der Waals surface area contributed by atoms with E-state index in [1.165, 1.54) is 0 Å². The van der Waals surface area contributed by atoms with E-state index in [0.29, 0.717) is 19.4 Å². The average molecular weight is 334 g/mol. The predicted molar refractivity (Wildman–Crippen MR) is 96.2 cm³/mol. The molecule has 0 heterocycles. The number of benzene rings is 1. The average Bonchev–Trinajstić information content (AvgIpc) is 2.62. The Morgan fingerprint density at radius 1 is 1.21 bits per heavy atom. The number of hydrogen-bond acceptors (Lipinski definition) is 4. The molecule has 0 aliphatic carbocycles. The number of ketones is 1. The van der Waals surface area contributed by atoms with Gasteiger partial charge in [-0.15, -0.1) is 0 Å². The number of aliphatic hydroxyl groups excluding tert-OH is 1. The molecular weight excluding hydrogens is 304 g/mol. The van der Waals surface area contributed by atoms with Crippen molar-refractivity contribution in [3.05, 3.63) is 42.0 Å². The number of rotatable bonds is 12. The molecule has 0 aliphatic heterocycles. The van der Waals surface area contributed by atoms with Crippen molar-refractivity contribution in [2.45, 2.75) is 58.2 Å². The highest BCUT2D eigenvalue weighted by atomic mass is 16.5. The minimum absolute atomic E-state index is 0.0754. The molecule has 0 saturated carbocycles. The molecule has 1 aromatic rings. The maximum Gasteiger partial charge on any atom is 0.164 e. The summed E-state index contributed by atoms with van der Waals surface area (Å²) in [6.45, 7) is 4.35. The van der Waals surface area contributed by atoms with E-state index in [0.717, 1.165) is 30.6 Å². The van der Waals surface area contributed by atoms with E-state index < -0.39 is 5.60 Å². The SMILES string of the molecule is CC[C@](C)(OCc1ccc(OC)cc1)C(=O)CCCC/C=C/CO.